The molecular weight excluding hydrogens is 257 g/mol. The van der Waals surface area contributed by atoms with Gasteiger partial charge in [-0.25, -0.2) is 9.07 Å². The summed E-state index contributed by atoms with van der Waals surface area (Å²) in [6, 6.07) is 7.60. The first-order valence-corrected chi connectivity index (χ1v) is 5.72. The Morgan fingerprint density at radius 1 is 1.40 bits per heavy atom. The number of nitrogens with one attached hydrogen (secondary N) is 1. The van der Waals surface area contributed by atoms with Crippen molar-refractivity contribution in [1.29, 1.82) is 10.5 Å². The second-order valence-electron chi connectivity index (χ2n) is 4.05. The summed E-state index contributed by atoms with van der Waals surface area (Å²) < 4.78 is 14.9. The quantitative estimate of drug-likeness (QED) is 0.867. The van der Waals surface area contributed by atoms with Gasteiger partial charge in [0, 0.05) is 12.4 Å². The molecule has 20 heavy (non-hydrogen) atoms. The summed E-state index contributed by atoms with van der Waals surface area (Å²) in [4.78, 5) is 0. The molecule has 1 aromatic heterocycles. The van der Waals surface area contributed by atoms with Gasteiger partial charge in [-0.1, -0.05) is 0 Å². The Balaban J connectivity index is 2.42. The van der Waals surface area contributed by atoms with Crippen LogP contribution in [0.2, 0.25) is 0 Å². The molecule has 2 aromatic rings. The Hall–Kier alpha value is -3.12. The molecule has 0 spiro atoms. The van der Waals surface area contributed by atoms with E-state index in [0.717, 1.165) is 5.56 Å². The normalized spacial score (nSPS) is 9.40. The Labute approximate surface area is 115 Å². The number of hydrogen-bond donors (Lipinski definition) is 1. The molecule has 0 radical (unpaired) electrons. The molecule has 1 aromatic carbocycles. The van der Waals surface area contributed by atoms with Crippen LogP contribution in [0, 0.1) is 35.4 Å². The topological polar surface area (TPSA) is 77.4 Å². The highest BCUT2D eigenvalue weighted by molar-refractivity contribution is 5.63. The van der Waals surface area contributed by atoms with Crippen LogP contribution in [0.3, 0.4) is 0 Å². The first-order valence-electron chi connectivity index (χ1n) is 5.72. The summed E-state index contributed by atoms with van der Waals surface area (Å²) in [7, 11) is 0. The van der Waals surface area contributed by atoms with Crippen LogP contribution in [0.15, 0.2) is 42.4 Å². The maximum absolute atomic E-state index is 13.3. The predicted molar refractivity (Wildman–Crippen MR) is 71.2 cm³/mol. The highest BCUT2D eigenvalue weighted by Crippen LogP contribution is 2.21. The van der Waals surface area contributed by atoms with Crippen LogP contribution in [0.4, 0.5) is 10.1 Å². The molecule has 0 aliphatic rings. The van der Waals surface area contributed by atoms with E-state index in [1.54, 1.807) is 35.3 Å². The second kappa shape index (κ2) is 5.68. The number of aromatic nitrogens is 2. The number of halogens is 1. The van der Waals surface area contributed by atoms with Gasteiger partial charge in [-0.05, 0) is 30.7 Å². The van der Waals surface area contributed by atoms with Gasteiger partial charge in [0.2, 0.25) is 0 Å². The molecule has 0 bridgehead atoms. The number of benzene rings is 1. The largest absolute Gasteiger partial charge is 0.358 e. The number of nitrogens with zero attached hydrogens (tertiary/aromatic N) is 4. The fraction of sp³-hybridized carbons (Fsp3) is 0.0714. The fourth-order valence-electron chi connectivity index (χ4n) is 1.61. The summed E-state index contributed by atoms with van der Waals surface area (Å²) in [5.74, 6) is -0.427. The molecule has 0 atom stereocenters. The number of nitriles is 2. The minimum absolute atomic E-state index is 0.100. The van der Waals surface area contributed by atoms with Crippen LogP contribution >= 0.6 is 0 Å². The molecule has 2 rings (SSSR count). The van der Waals surface area contributed by atoms with Crippen molar-refractivity contribution < 1.29 is 4.39 Å². The van der Waals surface area contributed by atoms with Gasteiger partial charge in [-0.2, -0.15) is 15.6 Å². The van der Waals surface area contributed by atoms with Crippen LogP contribution in [0.25, 0.3) is 5.69 Å². The van der Waals surface area contributed by atoms with E-state index in [1.807, 2.05) is 6.92 Å². The van der Waals surface area contributed by atoms with E-state index in [2.05, 4.69) is 10.4 Å². The molecule has 0 aliphatic heterocycles. The van der Waals surface area contributed by atoms with E-state index in [0.29, 0.717) is 11.4 Å². The molecule has 5 nitrogen and oxygen atoms in total. The Bertz CT molecular complexity index is 730. The SMILES string of the molecule is Cc1cnn(-c2ccc(F)cc2NC=C(C#N)C#N)c1. The smallest absolute Gasteiger partial charge is 0.145 e. The fourth-order valence-corrected chi connectivity index (χ4v) is 1.61. The van der Waals surface area contributed by atoms with Gasteiger partial charge in [0.1, 0.15) is 23.5 Å². The molecule has 1 N–H and O–H groups in total. The van der Waals surface area contributed by atoms with Crippen molar-refractivity contribution in [1.82, 2.24) is 9.78 Å². The predicted octanol–water partition coefficient (Wildman–Crippen LogP) is 2.66. The number of hydrogen-bond acceptors (Lipinski definition) is 4. The van der Waals surface area contributed by atoms with Gasteiger partial charge in [-0.3, -0.25) is 0 Å². The average Bonchev–Trinajstić information content (AvgIpc) is 2.86. The summed E-state index contributed by atoms with van der Waals surface area (Å²) in [5.41, 5.74) is 1.89. The third-order valence-corrected chi connectivity index (χ3v) is 2.53. The molecule has 0 saturated heterocycles. The third kappa shape index (κ3) is 2.82. The lowest BCUT2D eigenvalue weighted by atomic mass is 10.2. The van der Waals surface area contributed by atoms with Gasteiger partial charge in [0.05, 0.1) is 17.6 Å². The lowest BCUT2D eigenvalue weighted by Crippen LogP contribution is -2.01. The standard InChI is InChI=1S/C14H10FN5/c1-10-7-19-20(9-10)14-3-2-12(15)4-13(14)18-8-11(5-16)6-17/h2-4,7-9,18H,1H3. The van der Waals surface area contributed by atoms with Crippen LogP contribution < -0.4 is 5.32 Å². The summed E-state index contributed by atoms with van der Waals surface area (Å²) in [6.45, 7) is 1.89. The molecule has 0 amide bonds. The van der Waals surface area contributed by atoms with Crippen molar-refractivity contribution in [2.45, 2.75) is 6.92 Å². The lowest BCUT2D eigenvalue weighted by Gasteiger charge is -2.09. The summed E-state index contributed by atoms with van der Waals surface area (Å²) in [6.07, 6.45) is 4.70. The van der Waals surface area contributed by atoms with Crippen molar-refractivity contribution >= 4 is 5.69 Å². The van der Waals surface area contributed by atoms with E-state index in [9.17, 15) is 4.39 Å². The zero-order valence-corrected chi connectivity index (χ0v) is 10.6. The van der Waals surface area contributed by atoms with Crippen LogP contribution in [0.1, 0.15) is 5.56 Å². The average molecular weight is 267 g/mol. The zero-order chi connectivity index (χ0) is 14.5. The van der Waals surface area contributed by atoms with E-state index in [1.165, 1.54) is 18.3 Å². The first-order chi connectivity index (χ1) is 9.63. The first kappa shape index (κ1) is 13.3. The van der Waals surface area contributed by atoms with E-state index >= 15 is 0 Å². The van der Waals surface area contributed by atoms with E-state index in [4.69, 9.17) is 10.5 Å². The van der Waals surface area contributed by atoms with Gasteiger partial charge >= 0.3 is 0 Å². The Morgan fingerprint density at radius 2 is 2.15 bits per heavy atom. The van der Waals surface area contributed by atoms with Gasteiger partial charge in [0.25, 0.3) is 0 Å². The molecule has 0 unspecified atom stereocenters. The molecule has 0 aliphatic carbocycles. The van der Waals surface area contributed by atoms with Gasteiger partial charge in [-0.15, -0.1) is 0 Å². The van der Waals surface area contributed by atoms with E-state index < -0.39 is 5.82 Å². The minimum atomic E-state index is -0.427. The van der Waals surface area contributed by atoms with Gasteiger partial charge < -0.3 is 5.32 Å². The zero-order valence-electron chi connectivity index (χ0n) is 10.6. The highest BCUT2D eigenvalue weighted by atomic mass is 19.1. The van der Waals surface area contributed by atoms with Crippen molar-refractivity contribution in [2.24, 2.45) is 0 Å². The Morgan fingerprint density at radius 3 is 2.75 bits per heavy atom. The lowest BCUT2D eigenvalue weighted by molar-refractivity contribution is 0.627. The molecule has 98 valence electrons. The summed E-state index contributed by atoms with van der Waals surface area (Å²) >= 11 is 0. The van der Waals surface area contributed by atoms with Crippen molar-refractivity contribution in [2.75, 3.05) is 5.32 Å². The van der Waals surface area contributed by atoms with Crippen molar-refractivity contribution in [3.63, 3.8) is 0 Å². The number of rotatable bonds is 3. The Kier molecular flexibility index (Phi) is 3.78. The van der Waals surface area contributed by atoms with Crippen LogP contribution in [0.5, 0.6) is 0 Å². The van der Waals surface area contributed by atoms with E-state index in [-0.39, 0.29) is 5.57 Å². The number of aryl methyl sites for hydroxylation is 1. The molecule has 0 fully saturated rings. The minimum Gasteiger partial charge on any atom is -0.358 e. The molecule has 6 heteroatoms. The highest BCUT2D eigenvalue weighted by Gasteiger charge is 2.07. The second-order valence-corrected chi connectivity index (χ2v) is 4.05. The monoisotopic (exact) mass is 267 g/mol. The van der Waals surface area contributed by atoms with Gasteiger partial charge in [0.15, 0.2) is 0 Å². The van der Waals surface area contributed by atoms with Crippen LogP contribution in [-0.4, -0.2) is 9.78 Å². The third-order valence-electron chi connectivity index (χ3n) is 2.53. The molecular formula is C14H10FN5. The maximum Gasteiger partial charge on any atom is 0.145 e. The number of allylic oxidation sites excluding steroid dienone is 1. The molecule has 1 heterocycles. The van der Waals surface area contributed by atoms with Crippen LogP contribution in [-0.2, 0) is 0 Å². The van der Waals surface area contributed by atoms with Crippen molar-refractivity contribution in [3.8, 4) is 17.8 Å². The molecule has 0 saturated carbocycles. The maximum atomic E-state index is 13.3. The van der Waals surface area contributed by atoms with Crippen molar-refractivity contribution in [3.05, 3.63) is 53.7 Å². The summed E-state index contributed by atoms with van der Waals surface area (Å²) in [5, 5.41) is 24.3. The number of anilines is 1.